The lowest BCUT2D eigenvalue weighted by atomic mass is 10.0. The summed E-state index contributed by atoms with van der Waals surface area (Å²) in [5.41, 5.74) is 1.37. The van der Waals surface area contributed by atoms with E-state index in [-0.39, 0.29) is 18.5 Å². The number of anilines is 1. The van der Waals surface area contributed by atoms with E-state index < -0.39 is 6.10 Å². The normalized spacial score (nSPS) is 12.8. The lowest BCUT2D eigenvalue weighted by Gasteiger charge is -2.34. The fourth-order valence-corrected chi connectivity index (χ4v) is 2.46. The standard InChI is InChI=1S/C15H24FNO2/c1-4-13(5-2)17(8-9-18)15-7-6-12(16)10-14(15)11(3)19/h6-7,10-11,13,18-19H,4-5,8-9H2,1-3H3/t11-/m0/s1. The molecule has 1 aromatic carbocycles. The molecule has 0 radical (unpaired) electrons. The summed E-state index contributed by atoms with van der Waals surface area (Å²) in [6, 6.07) is 4.72. The topological polar surface area (TPSA) is 43.7 Å². The van der Waals surface area contributed by atoms with Gasteiger partial charge in [-0.05, 0) is 38.0 Å². The van der Waals surface area contributed by atoms with Crippen molar-refractivity contribution >= 4 is 5.69 Å². The van der Waals surface area contributed by atoms with Crippen molar-refractivity contribution in [2.75, 3.05) is 18.1 Å². The van der Waals surface area contributed by atoms with Gasteiger partial charge in [0.1, 0.15) is 5.82 Å². The Kier molecular flexibility index (Phi) is 6.25. The van der Waals surface area contributed by atoms with E-state index in [4.69, 9.17) is 0 Å². The molecule has 108 valence electrons. The molecule has 0 aliphatic rings. The summed E-state index contributed by atoms with van der Waals surface area (Å²) in [4.78, 5) is 2.06. The van der Waals surface area contributed by atoms with Crippen LogP contribution in [-0.4, -0.2) is 29.4 Å². The van der Waals surface area contributed by atoms with Gasteiger partial charge in [0.25, 0.3) is 0 Å². The molecule has 1 atom stereocenters. The van der Waals surface area contributed by atoms with Crippen LogP contribution < -0.4 is 4.90 Å². The highest BCUT2D eigenvalue weighted by molar-refractivity contribution is 5.55. The molecule has 0 saturated heterocycles. The van der Waals surface area contributed by atoms with Gasteiger partial charge >= 0.3 is 0 Å². The van der Waals surface area contributed by atoms with Crippen molar-refractivity contribution in [1.82, 2.24) is 0 Å². The molecule has 19 heavy (non-hydrogen) atoms. The number of hydrogen-bond donors (Lipinski definition) is 2. The van der Waals surface area contributed by atoms with Crippen LogP contribution in [0, 0.1) is 5.82 Å². The molecule has 0 amide bonds. The largest absolute Gasteiger partial charge is 0.395 e. The first-order valence-corrected chi connectivity index (χ1v) is 6.90. The van der Waals surface area contributed by atoms with Gasteiger partial charge < -0.3 is 15.1 Å². The van der Waals surface area contributed by atoms with Gasteiger partial charge in [-0.3, -0.25) is 0 Å². The minimum atomic E-state index is -0.735. The fraction of sp³-hybridized carbons (Fsp3) is 0.600. The van der Waals surface area contributed by atoms with Crippen molar-refractivity contribution in [3.8, 4) is 0 Å². The Hall–Kier alpha value is -1.13. The molecule has 3 nitrogen and oxygen atoms in total. The van der Waals surface area contributed by atoms with E-state index in [9.17, 15) is 14.6 Å². The van der Waals surface area contributed by atoms with Gasteiger partial charge in [0.15, 0.2) is 0 Å². The van der Waals surface area contributed by atoms with Crippen LogP contribution in [0.4, 0.5) is 10.1 Å². The average molecular weight is 269 g/mol. The number of aliphatic hydroxyl groups is 2. The second kappa shape index (κ2) is 7.46. The van der Waals surface area contributed by atoms with Crippen molar-refractivity contribution in [1.29, 1.82) is 0 Å². The van der Waals surface area contributed by atoms with Crippen molar-refractivity contribution in [3.05, 3.63) is 29.6 Å². The molecule has 0 saturated carbocycles. The van der Waals surface area contributed by atoms with E-state index >= 15 is 0 Å². The molecular formula is C15H24FNO2. The first-order valence-electron chi connectivity index (χ1n) is 6.90. The molecule has 0 fully saturated rings. The Morgan fingerprint density at radius 2 is 1.89 bits per heavy atom. The molecule has 1 rings (SSSR count). The molecular weight excluding hydrogens is 245 g/mol. The van der Waals surface area contributed by atoms with Crippen LogP contribution in [0.15, 0.2) is 18.2 Å². The lowest BCUT2D eigenvalue weighted by Crippen LogP contribution is -2.37. The summed E-state index contributed by atoms with van der Waals surface area (Å²) in [6.07, 6.45) is 1.14. The number of benzene rings is 1. The van der Waals surface area contributed by atoms with Crippen LogP contribution in [0.2, 0.25) is 0 Å². The third-order valence-corrected chi connectivity index (χ3v) is 3.47. The number of halogens is 1. The monoisotopic (exact) mass is 269 g/mol. The first kappa shape index (κ1) is 15.9. The van der Waals surface area contributed by atoms with Crippen molar-refractivity contribution in [3.63, 3.8) is 0 Å². The summed E-state index contributed by atoms with van der Waals surface area (Å²) in [5, 5.41) is 19.1. The fourth-order valence-electron chi connectivity index (χ4n) is 2.46. The van der Waals surface area contributed by atoms with Crippen molar-refractivity contribution in [2.45, 2.75) is 45.8 Å². The lowest BCUT2D eigenvalue weighted by molar-refractivity contribution is 0.198. The van der Waals surface area contributed by atoms with Crippen LogP contribution in [0.3, 0.4) is 0 Å². The van der Waals surface area contributed by atoms with E-state index in [1.165, 1.54) is 12.1 Å². The molecule has 2 N–H and O–H groups in total. The van der Waals surface area contributed by atoms with Gasteiger partial charge in [-0.15, -0.1) is 0 Å². The highest BCUT2D eigenvalue weighted by atomic mass is 19.1. The molecule has 0 aliphatic heterocycles. The smallest absolute Gasteiger partial charge is 0.123 e. The van der Waals surface area contributed by atoms with Gasteiger partial charge in [-0.1, -0.05) is 13.8 Å². The Balaban J connectivity index is 3.21. The number of nitrogens with zero attached hydrogens (tertiary/aromatic N) is 1. The van der Waals surface area contributed by atoms with Gasteiger partial charge in [0.05, 0.1) is 12.7 Å². The van der Waals surface area contributed by atoms with Crippen LogP contribution in [0.5, 0.6) is 0 Å². The third kappa shape index (κ3) is 3.91. The molecule has 0 spiro atoms. The summed E-state index contributed by atoms with van der Waals surface area (Å²) in [7, 11) is 0. The van der Waals surface area contributed by atoms with Gasteiger partial charge in [-0.2, -0.15) is 0 Å². The van der Waals surface area contributed by atoms with E-state index in [1.54, 1.807) is 13.0 Å². The quantitative estimate of drug-likeness (QED) is 0.800. The summed E-state index contributed by atoms with van der Waals surface area (Å²) in [6.45, 7) is 6.32. The molecule has 0 aliphatic carbocycles. The molecule has 0 heterocycles. The minimum absolute atomic E-state index is 0.0348. The SMILES string of the molecule is CCC(CC)N(CCO)c1ccc(F)cc1[C@H](C)O. The van der Waals surface area contributed by atoms with Crippen molar-refractivity contribution in [2.24, 2.45) is 0 Å². The molecule has 4 heteroatoms. The minimum Gasteiger partial charge on any atom is -0.395 e. The molecule has 0 bridgehead atoms. The molecule has 1 aromatic rings. The Labute approximate surface area is 114 Å². The van der Waals surface area contributed by atoms with Gasteiger partial charge in [0.2, 0.25) is 0 Å². The summed E-state index contributed by atoms with van der Waals surface area (Å²) >= 11 is 0. The number of rotatable bonds is 7. The van der Waals surface area contributed by atoms with E-state index in [2.05, 4.69) is 18.7 Å². The Bertz CT molecular complexity index is 392. The highest BCUT2D eigenvalue weighted by Crippen LogP contribution is 2.30. The van der Waals surface area contributed by atoms with Crippen LogP contribution in [0.25, 0.3) is 0 Å². The van der Waals surface area contributed by atoms with Gasteiger partial charge in [0, 0.05) is 23.8 Å². The predicted molar refractivity (Wildman–Crippen MR) is 75.8 cm³/mol. The first-order chi connectivity index (χ1) is 9.04. The number of hydrogen-bond acceptors (Lipinski definition) is 3. The maximum absolute atomic E-state index is 13.3. The van der Waals surface area contributed by atoms with E-state index in [0.717, 1.165) is 18.5 Å². The summed E-state index contributed by atoms with van der Waals surface area (Å²) in [5.74, 6) is -0.354. The van der Waals surface area contributed by atoms with Crippen LogP contribution in [0.1, 0.15) is 45.3 Å². The third-order valence-electron chi connectivity index (χ3n) is 3.47. The highest BCUT2D eigenvalue weighted by Gasteiger charge is 2.20. The molecule has 0 aromatic heterocycles. The maximum Gasteiger partial charge on any atom is 0.123 e. The zero-order valence-electron chi connectivity index (χ0n) is 11.9. The predicted octanol–water partition coefficient (Wildman–Crippen LogP) is 2.87. The van der Waals surface area contributed by atoms with E-state index in [0.29, 0.717) is 12.1 Å². The Morgan fingerprint density at radius 3 is 2.37 bits per heavy atom. The second-order valence-electron chi connectivity index (χ2n) is 4.77. The maximum atomic E-state index is 13.3. The van der Waals surface area contributed by atoms with Crippen LogP contribution in [-0.2, 0) is 0 Å². The van der Waals surface area contributed by atoms with Crippen LogP contribution >= 0.6 is 0 Å². The molecule has 0 unspecified atom stereocenters. The summed E-state index contributed by atoms with van der Waals surface area (Å²) < 4.78 is 13.3. The second-order valence-corrected chi connectivity index (χ2v) is 4.77. The Morgan fingerprint density at radius 1 is 1.26 bits per heavy atom. The van der Waals surface area contributed by atoms with Gasteiger partial charge in [-0.25, -0.2) is 4.39 Å². The average Bonchev–Trinajstić information content (AvgIpc) is 2.39. The van der Waals surface area contributed by atoms with Crippen molar-refractivity contribution < 1.29 is 14.6 Å². The van der Waals surface area contributed by atoms with E-state index in [1.807, 2.05) is 0 Å². The number of aliphatic hydroxyl groups excluding tert-OH is 2. The zero-order chi connectivity index (χ0) is 14.4. The zero-order valence-corrected chi connectivity index (χ0v) is 11.9.